The van der Waals surface area contributed by atoms with Crippen LogP contribution in [0.15, 0.2) is 77.6 Å². The predicted molar refractivity (Wildman–Crippen MR) is 112 cm³/mol. The van der Waals surface area contributed by atoms with Gasteiger partial charge in [0, 0.05) is 11.1 Å². The molecule has 0 amide bonds. The molecule has 0 aliphatic rings. The number of nitrogens with zero attached hydrogens (tertiary/aromatic N) is 2. The van der Waals surface area contributed by atoms with E-state index < -0.39 is 0 Å². The Balaban J connectivity index is 1.61. The molecule has 0 spiro atoms. The first kappa shape index (κ1) is 17.5. The first-order valence-electron chi connectivity index (χ1n) is 8.92. The highest BCUT2D eigenvalue weighted by molar-refractivity contribution is 7.15. The number of aromatic nitrogens is 2. The number of benzene rings is 3. The van der Waals surface area contributed by atoms with E-state index in [-0.39, 0.29) is 17.2 Å². The molecule has 0 fully saturated rings. The van der Waals surface area contributed by atoms with E-state index in [1.54, 1.807) is 52.9 Å². The lowest BCUT2D eigenvalue weighted by Gasteiger charge is -2.01. The van der Waals surface area contributed by atoms with Gasteiger partial charge in [-0.05, 0) is 42.0 Å². The Hall–Kier alpha value is -3.64. The molecule has 0 unspecified atom stereocenters. The second kappa shape index (κ2) is 6.76. The molecule has 0 saturated carbocycles. The van der Waals surface area contributed by atoms with Crippen molar-refractivity contribution < 1.29 is 9.18 Å². The number of carbonyl (C=O) groups excluding carboxylic acids is 1. The third-order valence-electron chi connectivity index (χ3n) is 4.70. The number of thiazole rings is 1. The smallest absolute Gasteiger partial charge is 0.274 e. The number of hydrogen-bond acceptors (Lipinski definition) is 4. The Labute approximate surface area is 168 Å². The van der Waals surface area contributed by atoms with E-state index in [1.807, 2.05) is 18.2 Å². The molecular weight excluding hydrogens is 387 g/mol. The number of fused-ring (bicyclic) bond motifs is 3. The fraction of sp³-hybridized carbons (Fsp3) is 0. The average Bonchev–Trinajstić information content (AvgIpc) is 3.25. The fourth-order valence-corrected chi connectivity index (χ4v) is 4.26. The molecular formula is C23H13FN2O2S. The summed E-state index contributed by atoms with van der Waals surface area (Å²) in [6.45, 7) is 0. The van der Waals surface area contributed by atoms with Crippen LogP contribution >= 0.6 is 11.3 Å². The average molecular weight is 400 g/mol. The van der Waals surface area contributed by atoms with Gasteiger partial charge in [-0.15, -0.1) is 0 Å². The maximum Gasteiger partial charge on any atom is 0.274 e. The molecule has 29 heavy (non-hydrogen) atoms. The summed E-state index contributed by atoms with van der Waals surface area (Å²) >= 11 is 1.26. The van der Waals surface area contributed by atoms with E-state index in [0.29, 0.717) is 31.7 Å². The van der Waals surface area contributed by atoms with Crippen LogP contribution in [0.1, 0.15) is 21.5 Å². The monoisotopic (exact) mass is 400 g/mol. The van der Waals surface area contributed by atoms with Crippen LogP contribution in [0, 0.1) is 5.82 Å². The number of carbonyl (C=O) groups is 1. The van der Waals surface area contributed by atoms with Gasteiger partial charge in [0.15, 0.2) is 10.7 Å². The Morgan fingerprint density at radius 2 is 1.72 bits per heavy atom. The molecule has 6 heteroatoms. The third kappa shape index (κ3) is 3.03. The minimum Gasteiger partial charge on any atom is -0.289 e. The van der Waals surface area contributed by atoms with Crippen LogP contribution in [0.2, 0.25) is 0 Å². The zero-order valence-electron chi connectivity index (χ0n) is 15.0. The molecule has 0 N–H and O–H groups in total. The molecule has 2 aromatic heterocycles. The summed E-state index contributed by atoms with van der Waals surface area (Å²) in [6.07, 6.45) is 1.72. The third-order valence-corrected chi connectivity index (χ3v) is 5.67. The van der Waals surface area contributed by atoms with Crippen LogP contribution in [0.4, 0.5) is 4.39 Å². The van der Waals surface area contributed by atoms with Crippen molar-refractivity contribution in [2.75, 3.05) is 0 Å². The van der Waals surface area contributed by atoms with Crippen molar-refractivity contribution in [1.29, 1.82) is 0 Å². The maximum absolute atomic E-state index is 13.1. The van der Waals surface area contributed by atoms with Crippen molar-refractivity contribution >= 4 is 39.2 Å². The number of halogens is 1. The van der Waals surface area contributed by atoms with Crippen molar-refractivity contribution in [2.45, 2.75) is 0 Å². The molecule has 0 radical (unpaired) electrons. The summed E-state index contributed by atoms with van der Waals surface area (Å²) in [6, 6.07) is 20.2. The van der Waals surface area contributed by atoms with E-state index in [1.165, 1.54) is 23.5 Å². The van der Waals surface area contributed by atoms with Crippen molar-refractivity contribution in [1.82, 2.24) is 9.38 Å². The summed E-state index contributed by atoms with van der Waals surface area (Å²) in [5.74, 6) is -0.408. The number of hydrogen-bond donors (Lipinski definition) is 0. The quantitative estimate of drug-likeness (QED) is 0.433. The lowest BCUT2D eigenvalue weighted by molar-refractivity contribution is 0.103. The fourth-order valence-electron chi connectivity index (χ4n) is 3.27. The van der Waals surface area contributed by atoms with Gasteiger partial charge < -0.3 is 0 Å². The molecule has 0 aliphatic heterocycles. The first-order chi connectivity index (χ1) is 14.1. The molecule has 0 bridgehead atoms. The van der Waals surface area contributed by atoms with Gasteiger partial charge in [0.05, 0.1) is 15.6 Å². The number of imidazole rings is 1. The highest BCUT2D eigenvalue weighted by Crippen LogP contribution is 2.20. The predicted octanol–water partition coefficient (Wildman–Crippen LogP) is 3.83. The lowest BCUT2D eigenvalue weighted by atomic mass is 10.0. The molecule has 0 saturated heterocycles. The maximum atomic E-state index is 13.1. The standard InChI is InChI=1S/C23H13FN2O2S/c24-17-9-6-14(7-10-17)12-20-22(28)26-19-11-8-16(13-18(19)25-23(26)29-20)21(27)15-4-2-1-3-5-15/h1-13H/b20-12-. The molecule has 140 valence electrons. The molecule has 5 rings (SSSR count). The molecule has 5 aromatic rings. The van der Waals surface area contributed by atoms with Gasteiger partial charge in [-0.1, -0.05) is 53.8 Å². The van der Waals surface area contributed by atoms with Gasteiger partial charge in [-0.2, -0.15) is 0 Å². The highest BCUT2D eigenvalue weighted by Gasteiger charge is 2.14. The zero-order chi connectivity index (χ0) is 20.0. The summed E-state index contributed by atoms with van der Waals surface area (Å²) in [7, 11) is 0. The van der Waals surface area contributed by atoms with Gasteiger partial charge in [-0.3, -0.25) is 9.59 Å². The normalized spacial score (nSPS) is 12.1. The summed E-state index contributed by atoms with van der Waals surface area (Å²) < 4.78 is 15.2. The minimum absolute atomic E-state index is 0.0865. The minimum atomic E-state index is -0.322. The van der Waals surface area contributed by atoms with Gasteiger partial charge in [0.1, 0.15) is 5.82 Å². The van der Waals surface area contributed by atoms with Gasteiger partial charge in [0.2, 0.25) is 0 Å². The summed E-state index contributed by atoms with van der Waals surface area (Å²) in [5, 5.41) is 0. The lowest BCUT2D eigenvalue weighted by Crippen LogP contribution is -2.22. The Morgan fingerprint density at radius 3 is 2.48 bits per heavy atom. The largest absolute Gasteiger partial charge is 0.289 e. The van der Waals surface area contributed by atoms with E-state index >= 15 is 0 Å². The van der Waals surface area contributed by atoms with Crippen LogP contribution in [0.5, 0.6) is 0 Å². The van der Waals surface area contributed by atoms with Crippen molar-refractivity contribution in [3.8, 4) is 0 Å². The van der Waals surface area contributed by atoms with Gasteiger partial charge >= 0.3 is 0 Å². The Kier molecular flexibility index (Phi) is 4.07. The highest BCUT2D eigenvalue weighted by atomic mass is 32.1. The van der Waals surface area contributed by atoms with Gasteiger partial charge in [0.25, 0.3) is 5.56 Å². The SMILES string of the molecule is O=C(c1ccccc1)c1ccc2c(c1)nc1s/c(=C\c3ccc(F)cc3)c(=O)n12. The van der Waals surface area contributed by atoms with E-state index in [0.717, 1.165) is 5.56 Å². The molecule has 0 aliphatic carbocycles. The first-order valence-corrected chi connectivity index (χ1v) is 9.74. The molecule has 0 atom stereocenters. The molecule has 2 heterocycles. The summed E-state index contributed by atoms with van der Waals surface area (Å²) in [4.78, 5) is 30.6. The van der Waals surface area contributed by atoms with Crippen LogP contribution in [0.25, 0.3) is 22.1 Å². The van der Waals surface area contributed by atoms with Gasteiger partial charge in [-0.25, -0.2) is 13.8 Å². The summed E-state index contributed by atoms with van der Waals surface area (Å²) in [5.41, 5.74) is 2.95. The van der Waals surface area contributed by atoms with Crippen molar-refractivity contribution in [3.05, 3.63) is 110 Å². The van der Waals surface area contributed by atoms with Crippen molar-refractivity contribution in [3.63, 3.8) is 0 Å². The topological polar surface area (TPSA) is 51.4 Å². The Morgan fingerprint density at radius 1 is 0.966 bits per heavy atom. The number of ketones is 1. The van der Waals surface area contributed by atoms with Crippen LogP contribution in [0.3, 0.4) is 0 Å². The van der Waals surface area contributed by atoms with E-state index in [9.17, 15) is 14.0 Å². The second-order valence-electron chi connectivity index (χ2n) is 6.60. The zero-order valence-corrected chi connectivity index (χ0v) is 15.8. The number of rotatable bonds is 3. The van der Waals surface area contributed by atoms with Crippen LogP contribution in [-0.2, 0) is 0 Å². The Bertz CT molecular complexity index is 1490. The molecule has 4 nitrogen and oxygen atoms in total. The van der Waals surface area contributed by atoms with Crippen LogP contribution < -0.4 is 10.1 Å². The van der Waals surface area contributed by atoms with E-state index in [2.05, 4.69) is 4.98 Å². The van der Waals surface area contributed by atoms with E-state index in [4.69, 9.17) is 0 Å². The van der Waals surface area contributed by atoms with Crippen LogP contribution in [-0.4, -0.2) is 15.2 Å². The molecule has 3 aromatic carbocycles. The van der Waals surface area contributed by atoms with Crippen molar-refractivity contribution in [2.24, 2.45) is 0 Å². The second-order valence-corrected chi connectivity index (χ2v) is 7.60.